The van der Waals surface area contributed by atoms with Gasteiger partial charge in [0.25, 0.3) is 0 Å². The third kappa shape index (κ3) is 1.64. The third-order valence-corrected chi connectivity index (χ3v) is 2.89. The summed E-state index contributed by atoms with van der Waals surface area (Å²) >= 11 is 0. The van der Waals surface area contributed by atoms with E-state index in [1.807, 2.05) is 0 Å². The maximum atomic E-state index is 12.0. The molecule has 2 heterocycles. The zero-order valence-corrected chi connectivity index (χ0v) is 9.25. The van der Waals surface area contributed by atoms with Crippen molar-refractivity contribution in [3.05, 3.63) is 24.5 Å². The first-order valence-corrected chi connectivity index (χ1v) is 5.04. The molecule has 0 aliphatic carbocycles. The van der Waals surface area contributed by atoms with E-state index in [1.165, 1.54) is 4.90 Å². The third-order valence-electron chi connectivity index (χ3n) is 2.89. The van der Waals surface area contributed by atoms with Gasteiger partial charge in [-0.05, 0) is 12.1 Å². The molecule has 16 heavy (non-hydrogen) atoms. The minimum Gasteiger partial charge on any atom is -0.333 e. The van der Waals surface area contributed by atoms with E-state index in [1.54, 1.807) is 43.5 Å². The number of hydrogen-bond donors (Lipinski definition) is 0. The molecule has 5 heteroatoms. The lowest BCUT2D eigenvalue weighted by atomic mass is 10.0. The molecule has 5 nitrogen and oxygen atoms in total. The van der Waals surface area contributed by atoms with E-state index in [9.17, 15) is 9.59 Å². The number of carbonyl (C=O) groups is 2. The van der Waals surface area contributed by atoms with Crippen LogP contribution in [-0.2, 0) is 9.59 Å². The summed E-state index contributed by atoms with van der Waals surface area (Å²) < 4.78 is 0. The van der Waals surface area contributed by atoms with Crippen molar-refractivity contribution in [2.75, 3.05) is 19.0 Å². The van der Waals surface area contributed by atoms with Crippen LogP contribution in [0.4, 0.5) is 5.69 Å². The van der Waals surface area contributed by atoms with Crippen LogP contribution in [0.15, 0.2) is 24.5 Å². The van der Waals surface area contributed by atoms with Gasteiger partial charge in [-0.2, -0.15) is 0 Å². The SMILES string of the molecule is CN(C(=O)C1CC(=O)N1C)c1ccncc1. The van der Waals surface area contributed by atoms with Gasteiger partial charge in [0.15, 0.2) is 0 Å². The predicted molar refractivity (Wildman–Crippen MR) is 58.8 cm³/mol. The number of nitrogens with zero attached hydrogens (tertiary/aromatic N) is 3. The molecule has 1 aromatic heterocycles. The van der Waals surface area contributed by atoms with Gasteiger partial charge in [-0.3, -0.25) is 14.6 Å². The van der Waals surface area contributed by atoms with E-state index in [0.717, 1.165) is 5.69 Å². The molecular weight excluding hydrogens is 206 g/mol. The number of amides is 2. The summed E-state index contributed by atoms with van der Waals surface area (Å²) in [6.45, 7) is 0. The Labute approximate surface area is 93.7 Å². The van der Waals surface area contributed by atoms with Gasteiger partial charge in [0.05, 0.1) is 6.42 Å². The number of aromatic nitrogens is 1. The standard InChI is InChI=1S/C11H13N3O2/c1-13(8-3-5-12-6-4-8)11(16)9-7-10(15)14(9)2/h3-6,9H,7H2,1-2H3. The number of likely N-dealkylation sites (N-methyl/N-ethyl adjacent to an activating group) is 2. The fraction of sp³-hybridized carbons (Fsp3) is 0.364. The van der Waals surface area contributed by atoms with Crippen LogP contribution < -0.4 is 4.90 Å². The van der Waals surface area contributed by atoms with Crippen LogP contribution in [0, 0.1) is 0 Å². The molecule has 1 aliphatic rings. The van der Waals surface area contributed by atoms with Gasteiger partial charge in [-0.25, -0.2) is 0 Å². The molecule has 2 amide bonds. The summed E-state index contributed by atoms with van der Waals surface area (Å²) in [5.74, 6) is -0.0465. The quantitative estimate of drug-likeness (QED) is 0.671. The van der Waals surface area contributed by atoms with Crippen molar-refractivity contribution in [2.45, 2.75) is 12.5 Å². The number of β-lactam (4-membered cyclic amide) rings is 1. The number of carbonyl (C=O) groups excluding carboxylic acids is 2. The van der Waals surface area contributed by atoms with Crippen molar-refractivity contribution < 1.29 is 9.59 Å². The first-order chi connectivity index (χ1) is 7.61. The first-order valence-electron chi connectivity index (χ1n) is 5.04. The van der Waals surface area contributed by atoms with E-state index in [4.69, 9.17) is 0 Å². The molecule has 0 bridgehead atoms. The van der Waals surface area contributed by atoms with Gasteiger partial charge in [-0.1, -0.05) is 0 Å². The Morgan fingerprint density at radius 1 is 1.50 bits per heavy atom. The second kappa shape index (κ2) is 3.92. The summed E-state index contributed by atoms with van der Waals surface area (Å²) in [5, 5.41) is 0. The highest BCUT2D eigenvalue weighted by molar-refractivity contribution is 6.04. The lowest BCUT2D eigenvalue weighted by Gasteiger charge is -2.38. The van der Waals surface area contributed by atoms with Crippen molar-refractivity contribution in [3.8, 4) is 0 Å². The smallest absolute Gasteiger partial charge is 0.250 e. The van der Waals surface area contributed by atoms with Crippen LogP contribution in [0.1, 0.15) is 6.42 Å². The molecule has 1 aliphatic heterocycles. The Bertz CT molecular complexity index is 418. The molecule has 84 valence electrons. The second-order valence-electron chi connectivity index (χ2n) is 3.83. The van der Waals surface area contributed by atoms with Gasteiger partial charge in [-0.15, -0.1) is 0 Å². The Morgan fingerprint density at radius 3 is 2.62 bits per heavy atom. The Kier molecular flexibility index (Phi) is 2.60. The van der Waals surface area contributed by atoms with E-state index in [-0.39, 0.29) is 17.9 Å². The zero-order valence-electron chi connectivity index (χ0n) is 9.25. The monoisotopic (exact) mass is 219 g/mol. The molecule has 0 spiro atoms. The number of hydrogen-bond acceptors (Lipinski definition) is 3. The van der Waals surface area contributed by atoms with Gasteiger partial charge >= 0.3 is 0 Å². The van der Waals surface area contributed by atoms with E-state index in [0.29, 0.717) is 6.42 Å². The maximum absolute atomic E-state index is 12.0. The van der Waals surface area contributed by atoms with Gasteiger partial charge < -0.3 is 9.80 Å². The number of pyridine rings is 1. The van der Waals surface area contributed by atoms with Crippen LogP contribution >= 0.6 is 0 Å². The fourth-order valence-corrected chi connectivity index (χ4v) is 1.68. The lowest BCUT2D eigenvalue weighted by Crippen LogP contribution is -2.57. The Morgan fingerprint density at radius 2 is 2.12 bits per heavy atom. The van der Waals surface area contributed by atoms with Crippen molar-refractivity contribution in [2.24, 2.45) is 0 Å². The van der Waals surface area contributed by atoms with Crippen LogP contribution in [-0.4, -0.2) is 41.8 Å². The minimum atomic E-state index is -0.314. The van der Waals surface area contributed by atoms with E-state index >= 15 is 0 Å². The molecule has 0 radical (unpaired) electrons. The zero-order chi connectivity index (χ0) is 11.7. The van der Waals surface area contributed by atoms with Crippen molar-refractivity contribution >= 4 is 17.5 Å². The van der Waals surface area contributed by atoms with Gasteiger partial charge in [0.2, 0.25) is 11.8 Å². The van der Waals surface area contributed by atoms with Crippen LogP contribution in [0.5, 0.6) is 0 Å². The van der Waals surface area contributed by atoms with Crippen molar-refractivity contribution in [1.29, 1.82) is 0 Å². The molecule has 0 saturated carbocycles. The van der Waals surface area contributed by atoms with E-state index in [2.05, 4.69) is 4.98 Å². The van der Waals surface area contributed by atoms with Gasteiger partial charge in [0.1, 0.15) is 6.04 Å². The molecule has 0 N–H and O–H groups in total. The van der Waals surface area contributed by atoms with Crippen molar-refractivity contribution in [1.82, 2.24) is 9.88 Å². The minimum absolute atomic E-state index is 0.0153. The van der Waals surface area contributed by atoms with Crippen LogP contribution in [0.2, 0.25) is 0 Å². The Balaban J connectivity index is 2.09. The topological polar surface area (TPSA) is 53.5 Å². The molecule has 1 atom stereocenters. The molecule has 1 aromatic rings. The second-order valence-corrected chi connectivity index (χ2v) is 3.83. The highest BCUT2D eigenvalue weighted by atomic mass is 16.2. The molecular formula is C11H13N3O2. The predicted octanol–water partition coefficient (Wildman–Crippen LogP) is 0.275. The van der Waals surface area contributed by atoms with Gasteiger partial charge in [0, 0.05) is 32.2 Å². The number of anilines is 1. The average molecular weight is 219 g/mol. The average Bonchev–Trinajstić information content (AvgIpc) is 2.34. The largest absolute Gasteiger partial charge is 0.333 e. The molecule has 1 unspecified atom stereocenters. The molecule has 1 fully saturated rings. The number of rotatable bonds is 2. The molecule has 1 saturated heterocycles. The molecule has 0 aromatic carbocycles. The number of likely N-dealkylation sites (tertiary alicyclic amines) is 1. The first kappa shape index (κ1) is 10.6. The van der Waals surface area contributed by atoms with Crippen molar-refractivity contribution in [3.63, 3.8) is 0 Å². The highest BCUT2D eigenvalue weighted by Gasteiger charge is 2.39. The fourth-order valence-electron chi connectivity index (χ4n) is 1.68. The van der Waals surface area contributed by atoms with E-state index < -0.39 is 0 Å². The molecule has 2 rings (SSSR count). The van der Waals surface area contributed by atoms with Crippen LogP contribution in [0.25, 0.3) is 0 Å². The normalized spacial score (nSPS) is 19.2. The summed E-state index contributed by atoms with van der Waals surface area (Å²) in [7, 11) is 3.35. The lowest BCUT2D eigenvalue weighted by molar-refractivity contribution is -0.150. The summed E-state index contributed by atoms with van der Waals surface area (Å²) in [5.41, 5.74) is 0.785. The highest BCUT2D eigenvalue weighted by Crippen LogP contribution is 2.21. The summed E-state index contributed by atoms with van der Waals surface area (Å²) in [6, 6.07) is 3.21. The summed E-state index contributed by atoms with van der Waals surface area (Å²) in [4.78, 5) is 30.0. The van der Waals surface area contributed by atoms with Crippen LogP contribution in [0.3, 0.4) is 0 Å². The maximum Gasteiger partial charge on any atom is 0.250 e. The summed E-state index contributed by atoms with van der Waals surface area (Å²) in [6.07, 6.45) is 3.58. The Hall–Kier alpha value is -1.91.